The molecule has 2 amide bonds. The Bertz CT molecular complexity index is 1010. The van der Waals surface area contributed by atoms with E-state index in [1.807, 2.05) is 48.5 Å². The smallest absolute Gasteiger partial charge is 0.234 e. The molecule has 2 heterocycles. The molecule has 1 aliphatic heterocycles. The summed E-state index contributed by atoms with van der Waals surface area (Å²) in [5, 5.41) is 3.76. The third kappa shape index (κ3) is 3.75. The fourth-order valence-electron chi connectivity index (χ4n) is 3.44. The van der Waals surface area contributed by atoms with E-state index in [0.717, 1.165) is 47.1 Å². The first-order valence-corrected chi connectivity index (χ1v) is 10.4. The zero-order valence-electron chi connectivity index (χ0n) is 15.7. The molecular formula is C21H22N4O2S. The Hall–Kier alpha value is -2.80. The molecule has 0 unspecified atom stereocenters. The minimum atomic E-state index is -0.0790. The standard InChI is InChI=1S/C21H22N4O2S/c1-2-24-18-7-4-3-6-17(18)23-21(24)28-14-19(26)22-15-9-11-16(12-10-15)25-13-5-8-20(25)27/h3-4,6-7,9-12H,2,5,8,13-14H2,1H3,(H,22,26). The number of hydrogen-bond donors (Lipinski definition) is 1. The monoisotopic (exact) mass is 394 g/mol. The molecule has 7 heteroatoms. The molecule has 2 aromatic carbocycles. The van der Waals surface area contributed by atoms with Gasteiger partial charge in [-0.2, -0.15) is 0 Å². The summed E-state index contributed by atoms with van der Waals surface area (Å²) in [7, 11) is 0. The summed E-state index contributed by atoms with van der Waals surface area (Å²) in [6.45, 7) is 3.64. The van der Waals surface area contributed by atoms with Crippen LogP contribution >= 0.6 is 11.8 Å². The third-order valence-corrected chi connectivity index (χ3v) is 5.78. The molecule has 3 aromatic rings. The molecule has 1 fully saturated rings. The number of rotatable bonds is 6. The zero-order valence-corrected chi connectivity index (χ0v) is 16.5. The van der Waals surface area contributed by atoms with Gasteiger partial charge in [0.15, 0.2) is 5.16 Å². The first-order valence-electron chi connectivity index (χ1n) is 9.44. The van der Waals surface area contributed by atoms with Gasteiger partial charge in [-0.3, -0.25) is 9.59 Å². The molecule has 1 saturated heterocycles. The second kappa shape index (κ2) is 8.06. The molecule has 0 saturated carbocycles. The van der Waals surface area contributed by atoms with Crippen molar-refractivity contribution in [3.8, 4) is 0 Å². The number of aryl methyl sites for hydroxylation is 1. The van der Waals surface area contributed by atoms with Gasteiger partial charge in [-0.1, -0.05) is 23.9 Å². The number of carbonyl (C=O) groups is 2. The molecule has 0 atom stereocenters. The van der Waals surface area contributed by atoms with E-state index in [1.165, 1.54) is 11.8 Å². The maximum Gasteiger partial charge on any atom is 0.234 e. The predicted molar refractivity (Wildman–Crippen MR) is 113 cm³/mol. The van der Waals surface area contributed by atoms with Crippen molar-refractivity contribution in [3.63, 3.8) is 0 Å². The number of aromatic nitrogens is 2. The molecule has 6 nitrogen and oxygen atoms in total. The van der Waals surface area contributed by atoms with Crippen molar-refractivity contribution in [2.45, 2.75) is 31.5 Å². The van der Waals surface area contributed by atoms with Gasteiger partial charge in [-0.25, -0.2) is 4.98 Å². The lowest BCUT2D eigenvalue weighted by Crippen LogP contribution is -2.23. The number of anilines is 2. The number of para-hydroxylation sites is 2. The van der Waals surface area contributed by atoms with E-state index in [9.17, 15) is 9.59 Å². The summed E-state index contributed by atoms with van der Waals surface area (Å²) in [5.74, 6) is 0.368. The van der Waals surface area contributed by atoms with E-state index in [-0.39, 0.29) is 17.6 Å². The van der Waals surface area contributed by atoms with Crippen LogP contribution in [0.3, 0.4) is 0 Å². The maximum absolute atomic E-state index is 12.4. The number of nitrogens with one attached hydrogen (secondary N) is 1. The van der Waals surface area contributed by atoms with Gasteiger partial charge < -0.3 is 14.8 Å². The summed E-state index contributed by atoms with van der Waals surface area (Å²) < 4.78 is 2.12. The van der Waals surface area contributed by atoms with E-state index in [0.29, 0.717) is 6.42 Å². The Morgan fingerprint density at radius 1 is 1.18 bits per heavy atom. The van der Waals surface area contributed by atoms with Gasteiger partial charge in [0.05, 0.1) is 16.8 Å². The van der Waals surface area contributed by atoms with Crippen LogP contribution in [0.25, 0.3) is 11.0 Å². The van der Waals surface area contributed by atoms with E-state index in [1.54, 1.807) is 4.90 Å². The average Bonchev–Trinajstić information content (AvgIpc) is 3.29. The summed E-state index contributed by atoms with van der Waals surface area (Å²) in [4.78, 5) is 30.6. The summed E-state index contributed by atoms with van der Waals surface area (Å²) in [5.41, 5.74) is 3.63. The lowest BCUT2D eigenvalue weighted by Gasteiger charge is -2.16. The van der Waals surface area contributed by atoms with Crippen LogP contribution in [-0.4, -0.2) is 33.7 Å². The zero-order chi connectivity index (χ0) is 19.5. The summed E-state index contributed by atoms with van der Waals surface area (Å²) in [6, 6.07) is 15.4. The second-order valence-corrected chi connectivity index (χ2v) is 7.60. The molecular weight excluding hydrogens is 372 g/mol. The highest BCUT2D eigenvalue weighted by Gasteiger charge is 2.21. The predicted octanol–water partition coefficient (Wildman–Crippen LogP) is 3.91. The van der Waals surface area contributed by atoms with Crippen LogP contribution in [0.1, 0.15) is 19.8 Å². The minimum Gasteiger partial charge on any atom is -0.325 e. The van der Waals surface area contributed by atoms with E-state index < -0.39 is 0 Å². The van der Waals surface area contributed by atoms with Crippen molar-refractivity contribution in [1.82, 2.24) is 9.55 Å². The maximum atomic E-state index is 12.4. The van der Waals surface area contributed by atoms with E-state index >= 15 is 0 Å². The number of imidazole rings is 1. The van der Waals surface area contributed by atoms with Crippen LogP contribution in [0.2, 0.25) is 0 Å². The Morgan fingerprint density at radius 3 is 2.68 bits per heavy atom. The van der Waals surface area contributed by atoms with Crippen LogP contribution in [0.15, 0.2) is 53.7 Å². The Kier molecular flexibility index (Phi) is 5.34. The lowest BCUT2D eigenvalue weighted by atomic mass is 10.2. The van der Waals surface area contributed by atoms with E-state index in [4.69, 9.17) is 0 Å². The van der Waals surface area contributed by atoms with Crippen molar-refractivity contribution in [1.29, 1.82) is 0 Å². The highest BCUT2D eigenvalue weighted by atomic mass is 32.2. The molecule has 0 spiro atoms. The van der Waals surface area contributed by atoms with Crippen molar-refractivity contribution < 1.29 is 9.59 Å². The van der Waals surface area contributed by atoms with Crippen LogP contribution in [0.5, 0.6) is 0 Å². The number of amides is 2. The Morgan fingerprint density at radius 2 is 1.96 bits per heavy atom. The number of thioether (sulfide) groups is 1. The summed E-state index contributed by atoms with van der Waals surface area (Å²) in [6.07, 6.45) is 1.51. The number of carbonyl (C=O) groups excluding carboxylic acids is 2. The van der Waals surface area contributed by atoms with Gasteiger partial charge in [0.25, 0.3) is 0 Å². The molecule has 144 valence electrons. The van der Waals surface area contributed by atoms with Gasteiger partial charge in [-0.05, 0) is 49.7 Å². The highest BCUT2D eigenvalue weighted by Crippen LogP contribution is 2.25. The molecule has 0 radical (unpaired) electrons. The van der Waals surface area contributed by atoms with Crippen molar-refractivity contribution >= 4 is 46.0 Å². The van der Waals surface area contributed by atoms with Crippen LogP contribution in [0.4, 0.5) is 11.4 Å². The number of hydrogen-bond acceptors (Lipinski definition) is 4. The van der Waals surface area contributed by atoms with Crippen LogP contribution < -0.4 is 10.2 Å². The fraction of sp³-hybridized carbons (Fsp3) is 0.286. The van der Waals surface area contributed by atoms with Crippen molar-refractivity contribution in [3.05, 3.63) is 48.5 Å². The fourth-order valence-corrected chi connectivity index (χ4v) is 4.32. The largest absolute Gasteiger partial charge is 0.325 e. The molecule has 4 rings (SSSR count). The Balaban J connectivity index is 1.38. The van der Waals surface area contributed by atoms with Gasteiger partial charge in [0.1, 0.15) is 0 Å². The average molecular weight is 395 g/mol. The number of fused-ring (bicyclic) bond motifs is 1. The Labute approximate surface area is 167 Å². The topological polar surface area (TPSA) is 67.2 Å². The van der Waals surface area contributed by atoms with Gasteiger partial charge in [0, 0.05) is 30.9 Å². The molecule has 0 aliphatic carbocycles. The van der Waals surface area contributed by atoms with Gasteiger partial charge in [-0.15, -0.1) is 0 Å². The van der Waals surface area contributed by atoms with Gasteiger partial charge >= 0.3 is 0 Å². The first-order chi connectivity index (χ1) is 13.7. The number of nitrogens with zero attached hydrogens (tertiary/aromatic N) is 3. The third-order valence-electron chi connectivity index (χ3n) is 4.80. The van der Waals surface area contributed by atoms with E-state index in [2.05, 4.69) is 21.8 Å². The second-order valence-electron chi connectivity index (χ2n) is 6.66. The minimum absolute atomic E-state index is 0.0790. The molecule has 1 aromatic heterocycles. The normalized spacial score (nSPS) is 14.0. The van der Waals surface area contributed by atoms with Crippen molar-refractivity contribution in [2.24, 2.45) is 0 Å². The highest BCUT2D eigenvalue weighted by molar-refractivity contribution is 7.99. The molecule has 1 aliphatic rings. The molecule has 28 heavy (non-hydrogen) atoms. The van der Waals surface area contributed by atoms with Gasteiger partial charge in [0.2, 0.25) is 11.8 Å². The summed E-state index contributed by atoms with van der Waals surface area (Å²) >= 11 is 1.44. The molecule has 1 N–H and O–H groups in total. The lowest BCUT2D eigenvalue weighted by molar-refractivity contribution is -0.117. The first kappa shape index (κ1) is 18.6. The quantitative estimate of drug-likeness (QED) is 0.644. The SMILES string of the molecule is CCn1c(SCC(=O)Nc2ccc(N3CCCC3=O)cc2)nc2ccccc21. The van der Waals surface area contributed by atoms with Crippen LogP contribution in [-0.2, 0) is 16.1 Å². The number of benzene rings is 2. The van der Waals surface area contributed by atoms with Crippen LogP contribution in [0, 0.1) is 0 Å². The molecule has 0 bridgehead atoms. The van der Waals surface area contributed by atoms with Crippen molar-refractivity contribution in [2.75, 3.05) is 22.5 Å².